The van der Waals surface area contributed by atoms with Gasteiger partial charge in [-0.2, -0.15) is 18.3 Å². The van der Waals surface area contributed by atoms with Gasteiger partial charge in [0.25, 0.3) is 5.91 Å². The van der Waals surface area contributed by atoms with Crippen LogP contribution in [-0.4, -0.2) is 51.1 Å². The average molecular weight is 475 g/mol. The van der Waals surface area contributed by atoms with Gasteiger partial charge in [0.1, 0.15) is 24.8 Å². The highest BCUT2D eigenvalue weighted by atomic mass is 19.4. The van der Waals surface area contributed by atoms with Gasteiger partial charge in [0.05, 0.1) is 24.0 Å². The minimum Gasteiger partial charge on any atom is -0.491 e. The van der Waals surface area contributed by atoms with E-state index in [4.69, 9.17) is 9.47 Å². The number of nitrogens with zero attached hydrogens (tertiary/aromatic N) is 3. The zero-order chi connectivity index (χ0) is 23.7. The molecule has 1 aromatic carbocycles. The van der Waals surface area contributed by atoms with Crippen LogP contribution < -0.4 is 10.1 Å². The van der Waals surface area contributed by atoms with Gasteiger partial charge in [0, 0.05) is 19.2 Å². The molecule has 0 bridgehead atoms. The summed E-state index contributed by atoms with van der Waals surface area (Å²) in [6, 6.07) is 6.67. The van der Waals surface area contributed by atoms with Crippen molar-refractivity contribution in [2.75, 3.05) is 13.2 Å². The normalized spacial score (nSPS) is 17.6. The molecular formula is C23H24F3N5O3. The number of nitrogens with one attached hydrogen (secondary N) is 2. The van der Waals surface area contributed by atoms with Gasteiger partial charge in [-0.1, -0.05) is 6.07 Å². The standard InChI is InChI=1S/C23H24F3N5O3/c24-23(25,26)13-33-11-14-4-5-18-15(9-14)10-16(12-34-18)28-22(32)20-21(17-6-7-27-30-17)31-8-2-1-3-19(31)29-20/h4-7,9,16H,1-3,8,10-13H2,(H,27,30)(H,28,32)/t16-/m1/s1. The first-order chi connectivity index (χ1) is 16.4. The van der Waals surface area contributed by atoms with E-state index >= 15 is 0 Å². The Balaban J connectivity index is 1.30. The van der Waals surface area contributed by atoms with Crippen LogP contribution in [0.2, 0.25) is 0 Å². The van der Waals surface area contributed by atoms with E-state index in [1.165, 1.54) is 0 Å². The number of H-pyrrole nitrogens is 1. The monoisotopic (exact) mass is 475 g/mol. The van der Waals surface area contributed by atoms with E-state index in [0.29, 0.717) is 23.4 Å². The molecule has 2 aromatic heterocycles. The minimum atomic E-state index is -4.37. The van der Waals surface area contributed by atoms with Crippen LogP contribution in [0, 0.1) is 0 Å². The molecule has 4 heterocycles. The van der Waals surface area contributed by atoms with Crippen molar-refractivity contribution in [2.45, 2.75) is 51.1 Å². The van der Waals surface area contributed by atoms with Gasteiger partial charge in [-0.25, -0.2) is 4.98 Å². The molecule has 3 aromatic rings. The lowest BCUT2D eigenvalue weighted by molar-refractivity contribution is -0.176. The Morgan fingerprint density at radius 1 is 1.29 bits per heavy atom. The molecular weight excluding hydrogens is 451 g/mol. The molecule has 180 valence electrons. The molecule has 1 atom stereocenters. The molecule has 2 aliphatic heterocycles. The lowest BCUT2D eigenvalue weighted by atomic mass is 10.00. The molecule has 0 fully saturated rings. The molecule has 34 heavy (non-hydrogen) atoms. The van der Waals surface area contributed by atoms with Crippen LogP contribution in [0.25, 0.3) is 11.4 Å². The number of ether oxygens (including phenoxy) is 2. The van der Waals surface area contributed by atoms with Crippen LogP contribution in [0.1, 0.15) is 40.3 Å². The number of rotatable bonds is 6. The van der Waals surface area contributed by atoms with Gasteiger partial charge in [0.2, 0.25) is 0 Å². The molecule has 0 aliphatic carbocycles. The molecule has 2 aliphatic rings. The minimum absolute atomic E-state index is 0.155. The Labute approximate surface area is 193 Å². The van der Waals surface area contributed by atoms with Crippen LogP contribution in [0.5, 0.6) is 5.75 Å². The maximum atomic E-state index is 13.3. The number of benzene rings is 1. The number of aromatic amines is 1. The molecule has 0 saturated carbocycles. The number of aryl methyl sites for hydroxylation is 1. The van der Waals surface area contributed by atoms with Crippen molar-refractivity contribution in [1.29, 1.82) is 0 Å². The molecule has 5 rings (SSSR count). The van der Waals surface area contributed by atoms with E-state index in [1.807, 2.05) is 6.07 Å². The summed E-state index contributed by atoms with van der Waals surface area (Å²) in [7, 11) is 0. The topological polar surface area (TPSA) is 94.1 Å². The fraction of sp³-hybridized carbons (Fsp3) is 0.435. The van der Waals surface area contributed by atoms with Crippen molar-refractivity contribution in [3.63, 3.8) is 0 Å². The quantitative estimate of drug-likeness (QED) is 0.570. The summed E-state index contributed by atoms with van der Waals surface area (Å²) < 4.78 is 49.6. The van der Waals surface area contributed by atoms with Crippen LogP contribution >= 0.6 is 0 Å². The lowest BCUT2D eigenvalue weighted by Crippen LogP contribution is -2.43. The number of imidazole rings is 1. The summed E-state index contributed by atoms with van der Waals surface area (Å²) in [4.78, 5) is 17.9. The van der Waals surface area contributed by atoms with Gasteiger partial charge in [-0.3, -0.25) is 9.89 Å². The number of amides is 1. The van der Waals surface area contributed by atoms with Crippen LogP contribution in [-0.2, 0) is 30.7 Å². The van der Waals surface area contributed by atoms with Crippen LogP contribution in [0.4, 0.5) is 13.2 Å². The third kappa shape index (κ3) is 4.79. The Hall–Kier alpha value is -3.34. The summed E-state index contributed by atoms with van der Waals surface area (Å²) in [5.41, 5.74) is 3.23. The Kier molecular flexibility index (Phi) is 6.03. The summed E-state index contributed by atoms with van der Waals surface area (Å²) in [6.07, 6.45) is 0.626. The molecule has 8 nitrogen and oxygen atoms in total. The average Bonchev–Trinajstić information content (AvgIpc) is 3.45. The molecule has 11 heteroatoms. The SMILES string of the molecule is O=C(N[C@H]1COc2ccc(COCC(F)(F)F)cc2C1)c1nc2n(c1-c1ccn[nH]1)CCCC2. The van der Waals surface area contributed by atoms with Crippen molar-refractivity contribution in [2.24, 2.45) is 0 Å². The molecule has 2 N–H and O–H groups in total. The van der Waals surface area contributed by atoms with Crippen molar-refractivity contribution < 1.29 is 27.4 Å². The second kappa shape index (κ2) is 9.13. The first-order valence-electron chi connectivity index (χ1n) is 11.2. The fourth-order valence-electron chi connectivity index (χ4n) is 4.47. The predicted octanol–water partition coefficient (Wildman–Crippen LogP) is 3.42. The Morgan fingerprint density at radius 2 is 2.18 bits per heavy atom. The maximum Gasteiger partial charge on any atom is 0.411 e. The van der Waals surface area contributed by atoms with Crippen molar-refractivity contribution in [1.82, 2.24) is 25.1 Å². The largest absolute Gasteiger partial charge is 0.491 e. The number of hydrogen-bond acceptors (Lipinski definition) is 5. The second-order valence-corrected chi connectivity index (χ2v) is 8.54. The smallest absolute Gasteiger partial charge is 0.411 e. The summed E-state index contributed by atoms with van der Waals surface area (Å²) >= 11 is 0. The maximum absolute atomic E-state index is 13.3. The highest BCUT2D eigenvalue weighted by Gasteiger charge is 2.29. The zero-order valence-electron chi connectivity index (χ0n) is 18.3. The highest BCUT2D eigenvalue weighted by molar-refractivity contribution is 5.98. The lowest BCUT2D eigenvalue weighted by Gasteiger charge is -2.26. The third-order valence-corrected chi connectivity index (χ3v) is 5.95. The Morgan fingerprint density at radius 3 is 2.97 bits per heavy atom. The van der Waals surface area contributed by atoms with Crippen LogP contribution in [0.3, 0.4) is 0 Å². The molecule has 0 radical (unpaired) electrons. The molecule has 0 saturated heterocycles. The number of carbonyl (C=O) groups is 1. The van der Waals surface area contributed by atoms with Crippen molar-refractivity contribution in [3.8, 4) is 17.1 Å². The Bertz CT molecular complexity index is 1170. The van der Waals surface area contributed by atoms with Gasteiger partial charge < -0.3 is 19.4 Å². The number of hydrogen-bond donors (Lipinski definition) is 2. The third-order valence-electron chi connectivity index (χ3n) is 5.95. The van der Waals surface area contributed by atoms with Gasteiger partial charge in [-0.15, -0.1) is 0 Å². The first-order valence-corrected chi connectivity index (χ1v) is 11.2. The highest BCUT2D eigenvalue weighted by Crippen LogP contribution is 2.29. The number of halogens is 3. The first kappa shape index (κ1) is 22.5. The van der Waals surface area contributed by atoms with Gasteiger partial charge >= 0.3 is 6.18 Å². The molecule has 0 spiro atoms. The summed E-state index contributed by atoms with van der Waals surface area (Å²) in [6.45, 7) is -0.372. The van der Waals surface area contributed by atoms with Gasteiger partial charge in [-0.05, 0) is 48.6 Å². The molecule has 1 amide bonds. The number of alkyl halides is 3. The summed E-state index contributed by atoms with van der Waals surface area (Å²) in [5, 5.41) is 9.97. The van der Waals surface area contributed by atoms with Crippen molar-refractivity contribution in [3.05, 3.63) is 53.1 Å². The summed E-state index contributed by atoms with van der Waals surface area (Å²) in [5.74, 6) is 1.24. The van der Waals surface area contributed by atoms with E-state index in [0.717, 1.165) is 48.6 Å². The zero-order valence-corrected chi connectivity index (χ0v) is 18.3. The number of aromatic nitrogens is 4. The van der Waals surface area contributed by atoms with E-state index < -0.39 is 12.8 Å². The predicted molar refractivity (Wildman–Crippen MR) is 115 cm³/mol. The molecule has 0 unspecified atom stereocenters. The number of fused-ring (bicyclic) bond motifs is 2. The van der Waals surface area contributed by atoms with E-state index in [1.54, 1.807) is 24.4 Å². The van der Waals surface area contributed by atoms with E-state index in [-0.39, 0.29) is 25.2 Å². The van der Waals surface area contributed by atoms with Gasteiger partial charge in [0.15, 0.2) is 5.69 Å². The fourth-order valence-corrected chi connectivity index (χ4v) is 4.47. The van der Waals surface area contributed by atoms with E-state index in [2.05, 4.69) is 25.1 Å². The number of carbonyl (C=O) groups excluding carboxylic acids is 1. The van der Waals surface area contributed by atoms with E-state index in [9.17, 15) is 18.0 Å². The van der Waals surface area contributed by atoms with Crippen molar-refractivity contribution >= 4 is 5.91 Å². The second-order valence-electron chi connectivity index (χ2n) is 8.54. The van der Waals surface area contributed by atoms with Crippen LogP contribution in [0.15, 0.2) is 30.5 Å².